The molecule has 1 aromatic heterocycles. The summed E-state index contributed by atoms with van der Waals surface area (Å²) in [5.74, 6) is -0.361. The fourth-order valence-electron chi connectivity index (χ4n) is 1.40. The van der Waals surface area contributed by atoms with Gasteiger partial charge in [-0.3, -0.25) is 14.9 Å². The fourth-order valence-corrected chi connectivity index (χ4v) is 2.05. The maximum absolute atomic E-state index is 11.6. The number of thiazole rings is 1. The van der Waals surface area contributed by atoms with Crippen molar-refractivity contribution in [3.8, 4) is 0 Å². The second-order valence-corrected chi connectivity index (χ2v) is 4.55. The number of likely N-dealkylation sites (N-methyl/N-ethyl adjacent to an activating group) is 1. The summed E-state index contributed by atoms with van der Waals surface area (Å²) in [4.78, 5) is 27.4. The number of hydrogen-bond acceptors (Lipinski definition) is 6. The van der Waals surface area contributed by atoms with Gasteiger partial charge in [-0.2, -0.15) is 0 Å². The topological polar surface area (TPSA) is 88.4 Å². The Kier molecular flexibility index (Phi) is 8.21. The summed E-state index contributed by atoms with van der Waals surface area (Å²) in [7, 11) is 0. The van der Waals surface area contributed by atoms with Crippen LogP contribution in [0, 0.1) is 10.1 Å². The Bertz CT molecular complexity index is 423. The van der Waals surface area contributed by atoms with Gasteiger partial charge >= 0.3 is 5.00 Å². The van der Waals surface area contributed by atoms with Crippen LogP contribution in [0.15, 0.2) is 6.20 Å². The molecule has 1 rings (SSSR count). The standard InChI is InChI=1S/C10H16N4O3S.ClH/c1-3-13(4-2)6-5-11-9(15)10-12-7-8(18-10)14(16)17;/h7H,3-6H2,1-2H3,(H,11,15);1H. The molecule has 0 radical (unpaired) electrons. The molecule has 1 N–H and O–H groups in total. The minimum atomic E-state index is -0.551. The third-order valence-electron chi connectivity index (χ3n) is 2.48. The first-order chi connectivity index (χ1) is 8.58. The third kappa shape index (κ3) is 5.50. The minimum absolute atomic E-state index is 0. The van der Waals surface area contributed by atoms with Crippen LogP contribution in [0.25, 0.3) is 0 Å². The number of amides is 1. The van der Waals surface area contributed by atoms with Gasteiger partial charge in [-0.25, -0.2) is 4.98 Å². The maximum Gasteiger partial charge on any atom is 0.344 e. The van der Waals surface area contributed by atoms with Gasteiger partial charge < -0.3 is 10.2 Å². The molecule has 0 unspecified atom stereocenters. The monoisotopic (exact) mass is 308 g/mol. The molecule has 0 atom stereocenters. The largest absolute Gasteiger partial charge is 0.349 e. The number of halogens is 1. The third-order valence-corrected chi connectivity index (χ3v) is 3.42. The van der Waals surface area contributed by atoms with Crippen molar-refractivity contribution in [1.82, 2.24) is 15.2 Å². The van der Waals surface area contributed by atoms with E-state index >= 15 is 0 Å². The normalized spacial score (nSPS) is 10.1. The van der Waals surface area contributed by atoms with Gasteiger partial charge in [0, 0.05) is 13.1 Å². The lowest BCUT2D eigenvalue weighted by Gasteiger charge is -2.17. The van der Waals surface area contributed by atoms with Gasteiger partial charge in [-0.1, -0.05) is 13.8 Å². The summed E-state index contributed by atoms with van der Waals surface area (Å²) in [6.07, 6.45) is 1.10. The number of aromatic nitrogens is 1. The lowest BCUT2D eigenvalue weighted by molar-refractivity contribution is -0.380. The van der Waals surface area contributed by atoms with Gasteiger partial charge in [0.25, 0.3) is 5.91 Å². The molecule has 7 nitrogen and oxygen atoms in total. The molecule has 1 amide bonds. The molecule has 0 aliphatic heterocycles. The number of carbonyl (C=O) groups is 1. The number of carbonyl (C=O) groups excluding carboxylic acids is 1. The van der Waals surface area contributed by atoms with Gasteiger partial charge in [0.2, 0.25) is 0 Å². The number of nitrogens with zero attached hydrogens (tertiary/aromatic N) is 3. The van der Waals surface area contributed by atoms with Crippen LogP contribution in [0.4, 0.5) is 5.00 Å². The lowest BCUT2D eigenvalue weighted by Crippen LogP contribution is -2.34. The summed E-state index contributed by atoms with van der Waals surface area (Å²) in [5, 5.41) is 13.2. The van der Waals surface area contributed by atoms with Crippen molar-refractivity contribution in [1.29, 1.82) is 0 Å². The molecule has 0 bridgehead atoms. The summed E-state index contributed by atoms with van der Waals surface area (Å²) < 4.78 is 0. The van der Waals surface area contributed by atoms with Gasteiger partial charge in [-0.05, 0) is 24.4 Å². The Morgan fingerprint density at radius 1 is 1.53 bits per heavy atom. The van der Waals surface area contributed by atoms with E-state index in [4.69, 9.17) is 0 Å². The van der Waals surface area contributed by atoms with Crippen molar-refractivity contribution in [3.05, 3.63) is 21.3 Å². The number of nitro groups is 1. The van der Waals surface area contributed by atoms with Crippen molar-refractivity contribution < 1.29 is 9.72 Å². The molecule has 0 saturated heterocycles. The molecule has 0 spiro atoms. The van der Waals surface area contributed by atoms with Crippen molar-refractivity contribution >= 4 is 34.7 Å². The van der Waals surface area contributed by atoms with Gasteiger partial charge in [0.05, 0.1) is 4.92 Å². The van der Waals surface area contributed by atoms with Gasteiger partial charge in [-0.15, -0.1) is 12.4 Å². The molecule has 19 heavy (non-hydrogen) atoms. The van der Waals surface area contributed by atoms with E-state index in [1.165, 1.54) is 0 Å². The van der Waals surface area contributed by atoms with E-state index in [1.807, 2.05) is 0 Å². The Morgan fingerprint density at radius 3 is 2.63 bits per heavy atom. The fraction of sp³-hybridized carbons (Fsp3) is 0.600. The van der Waals surface area contributed by atoms with Crippen LogP contribution >= 0.6 is 23.7 Å². The van der Waals surface area contributed by atoms with Crippen LogP contribution in [-0.4, -0.2) is 46.9 Å². The highest BCUT2D eigenvalue weighted by Gasteiger charge is 2.16. The van der Waals surface area contributed by atoms with Crippen molar-refractivity contribution in [2.45, 2.75) is 13.8 Å². The van der Waals surface area contributed by atoms with Crippen molar-refractivity contribution in [3.63, 3.8) is 0 Å². The summed E-state index contributed by atoms with van der Waals surface area (Å²) in [6.45, 7) is 7.22. The summed E-state index contributed by atoms with van der Waals surface area (Å²) in [6, 6.07) is 0. The molecule has 108 valence electrons. The predicted molar refractivity (Wildman–Crippen MR) is 76.1 cm³/mol. The molecular weight excluding hydrogens is 292 g/mol. The van der Waals surface area contributed by atoms with Crippen LogP contribution in [0.3, 0.4) is 0 Å². The highest BCUT2D eigenvalue weighted by molar-refractivity contribution is 7.16. The second kappa shape index (κ2) is 8.78. The smallest absolute Gasteiger partial charge is 0.344 e. The van der Waals surface area contributed by atoms with Crippen LogP contribution < -0.4 is 5.32 Å². The summed E-state index contributed by atoms with van der Waals surface area (Å²) >= 11 is 0.784. The van der Waals surface area contributed by atoms with Crippen LogP contribution in [0.2, 0.25) is 0 Å². The zero-order valence-electron chi connectivity index (χ0n) is 10.8. The van der Waals surface area contributed by atoms with E-state index in [9.17, 15) is 14.9 Å². The summed E-state index contributed by atoms with van der Waals surface area (Å²) in [5.41, 5.74) is 0. The molecule has 1 heterocycles. The average Bonchev–Trinajstić information content (AvgIpc) is 2.84. The molecule has 0 fully saturated rings. The Balaban J connectivity index is 0.00000324. The SMILES string of the molecule is CCN(CC)CCNC(=O)c1ncc([N+](=O)[O-])s1.Cl. The first-order valence-electron chi connectivity index (χ1n) is 5.69. The Hall–Kier alpha value is -1.25. The van der Waals surface area contributed by atoms with Crippen LogP contribution in [0.5, 0.6) is 0 Å². The molecule has 9 heteroatoms. The molecule has 0 aliphatic rings. The van der Waals surface area contributed by atoms with E-state index < -0.39 is 4.92 Å². The maximum atomic E-state index is 11.6. The zero-order chi connectivity index (χ0) is 13.5. The number of rotatable bonds is 7. The highest BCUT2D eigenvalue weighted by atomic mass is 35.5. The molecule has 1 aromatic rings. The lowest BCUT2D eigenvalue weighted by atomic mass is 10.4. The number of hydrogen-bond donors (Lipinski definition) is 1. The van der Waals surface area contributed by atoms with Crippen molar-refractivity contribution in [2.24, 2.45) is 0 Å². The van der Waals surface area contributed by atoms with E-state index in [0.29, 0.717) is 6.54 Å². The van der Waals surface area contributed by atoms with E-state index in [-0.39, 0.29) is 28.3 Å². The minimum Gasteiger partial charge on any atom is -0.349 e. The van der Waals surface area contributed by atoms with E-state index in [1.54, 1.807) is 0 Å². The van der Waals surface area contributed by atoms with Crippen LogP contribution in [-0.2, 0) is 0 Å². The second-order valence-electron chi connectivity index (χ2n) is 3.54. The molecule has 0 aromatic carbocycles. The predicted octanol–water partition coefficient (Wildman–Crippen LogP) is 1.54. The van der Waals surface area contributed by atoms with Gasteiger partial charge in [0.15, 0.2) is 5.01 Å². The quantitative estimate of drug-likeness (QED) is 0.610. The van der Waals surface area contributed by atoms with Crippen molar-refractivity contribution in [2.75, 3.05) is 26.2 Å². The van der Waals surface area contributed by atoms with Crippen LogP contribution in [0.1, 0.15) is 23.6 Å². The zero-order valence-corrected chi connectivity index (χ0v) is 12.4. The molecule has 0 aliphatic carbocycles. The first kappa shape index (κ1) is 17.8. The van der Waals surface area contributed by atoms with Gasteiger partial charge in [0.1, 0.15) is 6.20 Å². The van der Waals surface area contributed by atoms with E-state index in [2.05, 4.69) is 29.0 Å². The Morgan fingerprint density at radius 2 is 2.16 bits per heavy atom. The molecule has 0 saturated carbocycles. The average molecular weight is 309 g/mol. The Labute approximate surface area is 121 Å². The number of nitrogens with one attached hydrogen (secondary N) is 1. The molecular formula is C10H17ClN4O3S. The highest BCUT2D eigenvalue weighted by Crippen LogP contribution is 2.20. The first-order valence-corrected chi connectivity index (χ1v) is 6.50. The van der Waals surface area contributed by atoms with E-state index in [0.717, 1.165) is 37.2 Å².